The molecule has 30 heavy (non-hydrogen) atoms. The highest BCUT2D eigenvalue weighted by atomic mass is 32.2. The van der Waals surface area contributed by atoms with Crippen molar-refractivity contribution in [3.63, 3.8) is 0 Å². The van der Waals surface area contributed by atoms with Crippen LogP contribution in [-0.2, 0) is 20.4 Å². The van der Waals surface area contributed by atoms with Crippen molar-refractivity contribution >= 4 is 32.2 Å². The van der Waals surface area contributed by atoms with Crippen LogP contribution in [0.5, 0.6) is 5.75 Å². The number of benzene rings is 2. The van der Waals surface area contributed by atoms with E-state index in [2.05, 4.69) is 10.3 Å². The number of nitrogens with one attached hydrogen (secondary N) is 1. The van der Waals surface area contributed by atoms with Gasteiger partial charge in [-0.15, -0.1) is 11.3 Å². The molecule has 0 aliphatic rings. The van der Waals surface area contributed by atoms with E-state index in [9.17, 15) is 13.2 Å². The molecule has 8 heteroatoms. The van der Waals surface area contributed by atoms with Crippen LogP contribution < -0.4 is 10.1 Å². The van der Waals surface area contributed by atoms with Gasteiger partial charge in [0.15, 0.2) is 15.0 Å². The molecule has 0 radical (unpaired) electrons. The van der Waals surface area contributed by atoms with Crippen molar-refractivity contribution in [1.82, 2.24) is 4.98 Å². The summed E-state index contributed by atoms with van der Waals surface area (Å²) in [6.45, 7) is 4.47. The maximum atomic E-state index is 12.3. The minimum Gasteiger partial charge on any atom is -0.494 e. The van der Waals surface area contributed by atoms with Crippen molar-refractivity contribution in [1.29, 1.82) is 0 Å². The van der Waals surface area contributed by atoms with Crippen LogP contribution in [0.4, 0.5) is 5.13 Å². The molecular weight excluding hydrogens is 420 g/mol. The second kappa shape index (κ2) is 9.86. The highest BCUT2D eigenvalue weighted by Gasteiger charge is 2.16. The standard InChI is InChI=1S/C22H24N2O4S2/c1-3-28-19-11-9-18(10-12-19)21-16(2)29-22(24-21)23-20(25)13-14-30(26,27)15-17-7-5-4-6-8-17/h4-12H,3,13-15H2,1-2H3,(H,23,24,25). The second-order valence-electron chi connectivity index (χ2n) is 6.76. The number of hydrogen-bond donors (Lipinski definition) is 1. The first-order chi connectivity index (χ1) is 14.4. The number of sulfone groups is 1. The average molecular weight is 445 g/mol. The van der Waals surface area contributed by atoms with Gasteiger partial charge in [-0.05, 0) is 43.7 Å². The molecule has 0 saturated heterocycles. The molecule has 0 bridgehead atoms. The number of ether oxygens (including phenoxy) is 1. The minimum atomic E-state index is -3.37. The first-order valence-corrected chi connectivity index (χ1v) is 12.2. The van der Waals surface area contributed by atoms with Gasteiger partial charge in [-0.25, -0.2) is 13.4 Å². The number of anilines is 1. The molecule has 158 valence electrons. The van der Waals surface area contributed by atoms with Crippen LogP contribution in [0, 0.1) is 6.92 Å². The minimum absolute atomic E-state index is 0.0701. The summed E-state index contributed by atoms with van der Waals surface area (Å²) in [6.07, 6.45) is -0.105. The molecule has 0 aliphatic heterocycles. The summed E-state index contributed by atoms with van der Waals surface area (Å²) in [5.74, 6) is 0.154. The monoisotopic (exact) mass is 444 g/mol. The number of hydrogen-bond acceptors (Lipinski definition) is 6. The lowest BCUT2D eigenvalue weighted by molar-refractivity contribution is -0.115. The topological polar surface area (TPSA) is 85.4 Å². The van der Waals surface area contributed by atoms with E-state index >= 15 is 0 Å². The lowest BCUT2D eigenvalue weighted by atomic mass is 10.1. The number of nitrogens with zero attached hydrogens (tertiary/aromatic N) is 1. The Labute approximate surface area is 180 Å². The van der Waals surface area contributed by atoms with E-state index < -0.39 is 9.84 Å². The zero-order chi connectivity index (χ0) is 21.6. The van der Waals surface area contributed by atoms with E-state index in [1.54, 1.807) is 24.3 Å². The van der Waals surface area contributed by atoms with Crippen LogP contribution in [0.15, 0.2) is 54.6 Å². The third kappa shape index (κ3) is 6.14. The Balaban J connectivity index is 1.58. The fraction of sp³-hybridized carbons (Fsp3) is 0.273. The Morgan fingerprint density at radius 1 is 1.10 bits per heavy atom. The lowest BCUT2D eigenvalue weighted by Gasteiger charge is -2.05. The average Bonchev–Trinajstić information content (AvgIpc) is 3.08. The third-order valence-electron chi connectivity index (χ3n) is 4.35. The molecule has 0 unspecified atom stereocenters. The molecule has 2 aromatic carbocycles. The summed E-state index contributed by atoms with van der Waals surface area (Å²) in [6, 6.07) is 16.6. The first kappa shape index (κ1) is 22.0. The molecule has 1 heterocycles. The lowest BCUT2D eigenvalue weighted by Crippen LogP contribution is -2.18. The van der Waals surface area contributed by atoms with Gasteiger partial charge in [-0.3, -0.25) is 4.79 Å². The summed E-state index contributed by atoms with van der Waals surface area (Å²) in [4.78, 5) is 17.7. The Morgan fingerprint density at radius 3 is 2.47 bits per heavy atom. The van der Waals surface area contributed by atoms with Crippen molar-refractivity contribution in [2.45, 2.75) is 26.0 Å². The van der Waals surface area contributed by atoms with Gasteiger partial charge in [-0.1, -0.05) is 30.3 Å². The van der Waals surface area contributed by atoms with E-state index in [1.807, 2.05) is 44.2 Å². The summed E-state index contributed by atoms with van der Waals surface area (Å²) in [7, 11) is -3.37. The number of amides is 1. The van der Waals surface area contributed by atoms with Crippen LogP contribution in [0.3, 0.4) is 0 Å². The quantitative estimate of drug-likeness (QED) is 0.527. The first-order valence-electron chi connectivity index (χ1n) is 9.61. The van der Waals surface area contributed by atoms with Crippen molar-refractivity contribution in [3.8, 4) is 17.0 Å². The molecular formula is C22H24N2O4S2. The Kier molecular flexibility index (Phi) is 7.23. The summed E-state index contributed by atoms with van der Waals surface area (Å²) < 4.78 is 30.0. The second-order valence-corrected chi connectivity index (χ2v) is 10.1. The van der Waals surface area contributed by atoms with Gasteiger partial charge in [0.05, 0.1) is 23.8 Å². The van der Waals surface area contributed by atoms with Gasteiger partial charge in [0.2, 0.25) is 5.91 Å². The molecule has 0 fully saturated rings. The zero-order valence-corrected chi connectivity index (χ0v) is 18.6. The Hall–Kier alpha value is -2.71. The van der Waals surface area contributed by atoms with Gasteiger partial charge in [0.25, 0.3) is 0 Å². The van der Waals surface area contributed by atoms with Crippen LogP contribution in [0.2, 0.25) is 0 Å². The molecule has 3 aromatic rings. The highest BCUT2D eigenvalue weighted by molar-refractivity contribution is 7.90. The number of carbonyl (C=O) groups is 1. The fourth-order valence-electron chi connectivity index (χ4n) is 2.92. The summed E-state index contributed by atoms with van der Waals surface area (Å²) in [5, 5.41) is 3.18. The van der Waals surface area contributed by atoms with Crippen molar-refractivity contribution in [2.75, 3.05) is 17.7 Å². The van der Waals surface area contributed by atoms with Crippen molar-refractivity contribution in [3.05, 3.63) is 65.0 Å². The van der Waals surface area contributed by atoms with E-state index in [1.165, 1.54) is 11.3 Å². The van der Waals surface area contributed by atoms with Gasteiger partial charge >= 0.3 is 0 Å². The van der Waals surface area contributed by atoms with E-state index in [0.717, 1.165) is 21.9 Å². The zero-order valence-electron chi connectivity index (χ0n) is 16.9. The smallest absolute Gasteiger partial charge is 0.227 e. The van der Waals surface area contributed by atoms with E-state index in [0.29, 0.717) is 17.3 Å². The molecule has 1 N–H and O–H groups in total. The molecule has 0 spiro atoms. The van der Waals surface area contributed by atoms with E-state index in [-0.39, 0.29) is 23.8 Å². The Bertz CT molecular complexity index is 1090. The number of aryl methyl sites for hydroxylation is 1. The SMILES string of the molecule is CCOc1ccc(-c2nc(NC(=O)CCS(=O)(=O)Cc3ccccc3)sc2C)cc1. The molecule has 0 atom stereocenters. The highest BCUT2D eigenvalue weighted by Crippen LogP contribution is 2.31. The number of aromatic nitrogens is 1. The molecule has 1 amide bonds. The maximum absolute atomic E-state index is 12.3. The third-order valence-corrected chi connectivity index (χ3v) is 6.84. The van der Waals surface area contributed by atoms with Crippen LogP contribution in [0.1, 0.15) is 23.8 Å². The predicted molar refractivity (Wildman–Crippen MR) is 121 cm³/mol. The molecule has 6 nitrogen and oxygen atoms in total. The van der Waals surface area contributed by atoms with Crippen molar-refractivity contribution < 1.29 is 17.9 Å². The summed E-state index contributed by atoms with van der Waals surface area (Å²) in [5.41, 5.74) is 2.43. The van der Waals surface area contributed by atoms with Crippen LogP contribution in [0.25, 0.3) is 11.3 Å². The van der Waals surface area contributed by atoms with E-state index in [4.69, 9.17) is 4.74 Å². The molecule has 3 rings (SSSR count). The Morgan fingerprint density at radius 2 is 1.80 bits per heavy atom. The molecule has 0 aliphatic carbocycles. The van der Waals surface area contributed by atoms with Gasteiger partial charge in [0, 0.05) is 16.9 Å². The van der Waals surface area contributed by atoms with Crippen LogP contribution in [-0.4, -0.2) is 31.7 Å². The number of thiazole rings is 1. The van der Waals surface area contributed by atoms with Gasteiger partial charge in [-0.2, -0.15) is 0 Å². The van der Waals surface area contributed by atoms with Crippen LogP contribution >= 0.6 is 11.3 Å². The largest absolute Gasteiger partial charge is 0.494 e. The predicted octanol–water partition coefficient (Wildman–Crippen LogP) is 4.46. The van der Waals surface area contributed by atoms with Gasteiger partial charge < -0.3 is 10.1 Å². The normalized spacial score (nSPS) is 11.3. The maximum Gasteiger partial charge on any atom is 0.227 e. The molecule has 0 saturated carbocycles. The van der Waals surface area contributed by atoms with Crippen molar-refractivity contribution in [2.24, 2.45) is 0 Å². The number of rotatable bonds is 9. The van der Waals surface area contributed by atoms with Gasteiger partial charge in [0.1, 0.15) is 5.75 Å². The summed E-state index contributed by atoms with van der Waals surface area (Å²) >= 11 is 1.36. The fourth-order valence-corrected chi connectivity index (χ4v) is 5.12. The number of carbonyl (C=O) groups excluding carboxylic acids is 1. The molecule has 1 aromatic heterocycles.